The Morgan fingerprint density at radius 2 is 1.86 bits per heavy atom. The van der Waals surface area contributed by atoms with Crippen molar-refractivity contribution in [1.82, 2.24) is 9.71 Å². The molecule has 1 aromatic heterocycles. The summed E-state index contributed by atoms with van der Waals surface area (Å²) in [6, 6.07) is 16.4. The Bertz CT molecular complexity index is 1170. The van der Waals surface area contributed by atoms with E-state index in [2.05, 4.69) is 14.7 Å². The number of amidine groups is 1. The van der Waals surface area contributed by atoms with Crippen molar-refractivity contribution in [3.63, 3.8) is 0 Å². The number of ether oxygens (including phenoxy) is 1. The maximum atomic E-state index is 12.0. The molecule has 9 heteroatoms. The molecule has 2 heterocycles. The number of carbonyl (C=O) groups is 1. The second kappa shape index (κ2) is 8.14. The van der Waals surface area contributed by atoms with Gasteiger partial charge in [0.1, 0.15) is 17.5 Å². The van der Waals surface area contributed by atoms with Crippen molar-refractivity contribution >= 4 is 33.2 Å². The summed E-state index contributed by atoms with van der Waals surface area (Å²) in [6.07, 6.45) is 0.0447. The van der Waals surface area contributed by atoms with Crippen molar-refractivity contribution < 1.29 is 17.9 Å². The number of fused-ring (bicyclic) bond motifs is 1. The molecule has 29 heavy (non-hydrogen) atoms. The van der Waals surface area contributed by atoms with Crippen LogP contribution in [0.15, 0.2) is 69.9 Å². The van der Waals surface area contributed by atoms with E-state index in [9.17, 15) is 13.2 Å². The lowest BCUT2D eigenvalue weighted by Crippen LogP contribution is -2.22. The largest absolute Gasteiger partial charge is 0.459 e. The number of hydrogen-bond donors (Lipinski definition) is 1. The monoisotopic (exact) mass is 427 g/mol. The van der Waals surface area contributed by atoms with Gasteiger partial charge in [-0.05, 0) is 12.1 Å². The minimum atomic E-state index is -3.58. The standard InChI is InChI=1S/C20H17N3O4S2/c24-18(27-12-15-13-28-20(22-15)14-6-2-1-3-7-14)10-11-21-19-16-8-4-5-9-17(16)29(25,26)23-19/h1-9,13H,10-12H2,(H,21,23). The summed E-state index contributed by atoms with van der Waals surface area (Å²) in [5.41, 5.74) is 2.22. The summed E-state index contributed by atoms with van der Waals surface area (Å²) in [5, 5.41) is 2.73. The first kappa shape index (κ1) is 19.3. The average Bonchev–Trinajstić information content (AvgIpc) is 3.30. The Hall–Kier alpha value is -3.04. The summed E-state index contributed by atoms with van der Waals surface area (Å²) in [5.74, 6) is -0.168. The molecule has 3 aromatic rings. The first-order valence-electron chi connectivity index (χ1n) is 8.85. The maximum Gasteiger partial charge on any atom is 0.308 e. The summed E-state index contributed by atoms with van der Waals surface area (Å²) in [6.45, 7) is 0.214. The van der Waals surface area contributed by atoms with Gasteiger partial charge in [0.05, 0.1) is 23.6 Å². The van der Waals surface area contributed by atoms with Crippen LogP contribution in [-0.4, -0.2) is 31.8 Å². The van der Waals surface area contributed by atoms with Gasteiger partial charge in [-0.3, -0.25) is 14.5 Å². The maximum absolute atomic E-state index is 12.0. The van der Waals surface area contributed by atoms with Crippen molar-refractivity contribution in [2.24, 2.45) is 4.99 Å². The van der Waals surface area contributed by atoms with E-state index in [1.54, 1.807) is 18.2 Å². The highest BCUT2D eigenvalue weighted by Gasteiger charge is 2.29. The molecule has 0 fully saturated rings. The van der Waals surface area contributed by atoms with Gasteiger partial charge >= 0.3 is 5.97 Å². The Labute approximate surface area is 172 Å². The van der Waals surface area contributed by atoms with Gasteiger partial charge in [0.25, 0.3) is 10.0 Å². The van der Waals surface area contributed by atoms with Crippen molar-refractivity contribution in [1.29, 1.82) is 0 Å². The highest BCUT2D eigenvalue weighted by atomic mass is 32.2. The molecule has 0 aliphatic carbocycles. The van der Waals surface area contributed by atoms with E-state index >= 15 is 0 Å². The first-order chi connectivity index (χ1) is 14.0. The summed E-state index contributed by atoms with van der Waals surface area (Å²) >= 11 is 1.49. The molecule has 2 aromatic carbocycles. The molecular formula is C20H17N3O4S2. The molecular weight excluding hydrogens is 410 g/mol. The Morgan fingerprint density at radius 1 is 1.10 bits per heavy atom. The van der Waals surface area contributed by atoms with Gasteiger partial charge in [-0.2, -0.15) is 0 Å². The van der Waals surface area contributed by atoms with Crippen molar-refractivity contribution in [3.05, 3.63) is 71.2 Å². The van der Waals surface area contributed by atoms with E-state index in [1.807, 2.05) is 35.7 Å². The number of sulfonamides is 1. The number of aromatic nitrogens is 1. The lowest BCUT2D eigenvalue weighted by Gasteiger charge is -2.02. The van der Waals surface area contributed by atoms with E-state index in [0.717, 1.165) is 10.6 Å². The zero-order valence-corrected chi connectivity index (χ0v) is 16.9. The van der Waals surface area contributed by atoms with Gasteiger partial charge in [-0.15, -0.1) is 11.3 Å². The molecule has 4 rings (SSSR count). The number of benzene rings is 2. The fraction of sp³-hybridized carbons (Fsp3) is 0.150. The molecule has 0 saturated carbocycles. The van der Waals surface area contributed by atoms with Crippen LogP contribution in [0.5, 0.6) is 0 Å². The average molecular weight is 428 g/mol. The molecule has 0 spiro atoms. The lowest BCUT2D eigenvalue weighted by atomic mass is 10.2. The summed E-state index contributed by atoms with van der Waals surface area (Å²) in [4.78, 5) is 20.9. The molecule has 1 aliphatic heterocycles. The third-order valence-corrected chi connectivity index (χ3v) is 6.54. The number of thiazole rings is 1. The van der Waals surface area contributed by atoms with Crippen LogP contribution in [0, 0.1) is 0 Å². The van der Waals surface area contributed by atoms with Gasteiger partial charge in [0.15, 0.2) is 0 Å². The van der Waals surface area contributed by atoms with Gasteiger partial charge in [-0.1, -0.05) is 42.5 Å². The van der Waals surface area contributed by atoms with Crippen molar-refractivity contribution in [2.45, 2.75) is 17.9 Å². The topological polar surface area (TPSA) is 97.7 Å². The number of nitrogens with zero attached hydrogens (tertiary/aromatic N) is 2. The molecule has 7 nitrogen and oxygen atoms in total. The van der Waals surface area contributed by atoms with Gasteiger partial charge in [0.2, 0.25) is 0 Å². The van der Waals surface area contributed by atoms with E-state index in [-0.39, 0.29) is 30.3 Å². The lowest BCUT2D eigenvalue weighted by molar-refractivity contribution is -0.144. The molecule has 148 valence electrons. The fourth-order valence-corrected chi connectivity index (χ4v) is 4.88. The normalized spacial score (nSPS) is 15.7. The summed E-state index contributed by atoms with van der Waals surface area (Å²) < 4.78 is 31.7. The smallest absolute Gasteiger partial charge is 0.308 e. The molecule has 0 saturated heterocycles. The van der Waals surface area contributed by atoms with Crippen LogP contribution < -0.4 is 4.72 Å². The van der Waals surface area contributed by atoms with Crippen LogP contribution in [0.4, 0.5) is 0 Å². The molecule has 0 atom stereocenters. The minimum absolute atomic E-state index is 0.0447. The Morgan fingerprint density at radius 3 is 2.69 bits per heavy atom. The van der Waals surface area contributed by atoms with E-state index < -0.39 is 16.0 Å². The molecule has 1 aliphatic rings. The molecule has 1 N–H and O–H groups in total. The van der Waals surface area contributed by atoms with Crippen LogP contribution in [0.25, 0.3) is 10.6 Å². The SMILES string of the molecule is O=C(CCN=C1NS(=O)(=O)c2ccccc21)OCc1csc(-c2ccccc2)n1. The third-order valence-electron chi connectivity index (χ3n) is 4.20. The van der Waals surface area contributed by atoms with Crippen LogP contribution in [0.1, 0.15) is 17.7 Å². The highest BCUT2D eigenvalue weighted by Crippen LogP contribution is 2.24. The predicted molar refractivity (Wildman–Crippen MR) is 110 cm³/mol. The Kier molecular flexibility index (Phi) is 5.41. The number of carbonyl (C=O) groups excluding carboxylic acids is 1. The first-order valence-corrected chi connectivity index (χ1v) is 11.2. The molecule has 0 bridgehead atoms. The zero-order chi connectivity index (χ0) is 20.3. The van der Waals surface area contributed by atoms with Crippen molar-refractivity contribution in [3.8, 4) is 10.6 Å². The van der Waals surface area contributed by atoms with Crippen LogP contribution in [0.2, 0.25) is 0 Å². The second-order valence-electron chi connectivity index (χ2n) is 6.25. The molecule has 0 amide bonds. The Balaban J connectivity index is 1.30. The van der Waals surface area contributed by atoms with E-state index in [4.69, 9.17) is 4.74 Å². The van der Waals surface area contributed by atoms with Crippen LogP contribution in [-0.2, 0) is 26.2 Å². The van der Waals surface area contributed by atoms with Crippen molar-refractivity contribution in [2.75, 3.05) is 6.54 Å². The number of rotatable bonds is 6. The summed E-state index contributed by atoms with van der Waals surface area (Å²) in [7, 11) is -3.58. The quantitative estimate of drug-likeness (QED) is 0.610. The van der Waals surface area contributed by atoms with E-state index in [1.165, 1.54) is 17.4 Å². The van der Waals surface area contributed by atoms with Gasteiger partial charge in [0, 0.05) is 16.5 Å². The van der Waals surface area contributed by atoms with E-state index in [0.29, 0.717) is 11.3 Å². The molecule has 0 radical (unpaired) electrons. The van der Waals surface area contributed by atoms with Crippen LogP contribution in [0.3, 0.4) is 0 Å². The minimum Gasteiger partial charge on any atom is -0.459 e. The third kappa shape index (κ3) is 4.36. The highest BCUT2D eigenvalue weighted by molar-refractivity contribution is 7.90. The fourth-order valence-electron chi connectivity index (χ4n) is 2.82. The van der Waals surface area contributed by atoms with Crippen LogP contribution >= 0.6 is 11.3 Å². The van der Waals surface area contributed by atoms with Gasteiger partial charge in [-0.25, -0.2) is 13.4 Å². The number of nitrogens with one attached hydrogen (secondary N) is 1. The number of hydrogen-bond acceptors (Lipinski definition) is 7. The molecule has 0 unspecified atom stereocenters. The predicted octanol–water partition coefficient (Wildman–Crippen LogP) is 2.98. The second-order valence-corrected chi connectivity index (χ2v) is 8.76. The zero-order valence-electron chi connectivity index (χ0n) is 15.2. The number of aliphatic imine (C=N–C) groups is 1. The number of esters is 1. The van der Waals surface area contributed by atoms with Gasteiger partial charge < -0.3 is 4.74 Å².